The zero-order valence-electron chi connectivity index (χ0n) is 13.2. The molecule has 0 aromatic heterocycles. The summed E-state index contributed by atoms with van der Waals surface area (Å²) in [7, 11) is 0. The van der Waals surface area contributed by atoms with Crippen LogP contribution in [0.1, 0.15) is 51.9 Å². The van der Waals surface area contributed by atoms with Gasteiger partial charge in [0.2, 0.25) is 11.8 Å². The summed E-state index contributed by atoms with van der Waals surface area (Å²) < 4.78 is 0. The zero-order valence-corrected chi connectivity index (χ0v) is 13.2. The van der Waals surface area contributed by atoms with Gasteiger partial charge in [-0.2, -0.15) is 0 Å². The van der Waals surface area contributed by atoms with Crippen LogP contribution in [-0.2, 0) is 9.59 Å². The molecule has 2 saturated carbocycles. The summed E-state index contributed by atoms with van der Waals surface area (Å²) in [4.78, 5) is 38.9. The second-order valence-corrected chi connectivity index (χ2v) is 6.82. The van der Waals surface area contributed by atoms with Crippen molar-refractivity contribution in [3.63, 3.8) is 0 Å². The maximum atomic E-state index is 12.7. The topological polar surface area (TPSA) is 69.7 Å². The predicted octanol–water partition coefficient (Wildman–Crippen LogP) is 1.50. The summed E-state index contributed by atoms with van der Waals surface area (Å²) in [5, 5.41) is 2.23. The number of hydrogen-bond acceptors (Lipinski definition) is 3. The van der Waals surface area contributed by atoms with Crippen LogP contribution in [0, 0.1) is 5.92 Å². The minimum atomic E-state index is -0.441. The van der Waals surface area contributed by atoms with Crippen LogP contribution < -0.4 is 5.32 Å². The Morgan fingerprint density at radius 2 is 1.73 bits per heavy atom. The third-order valence-corrected chi connectivity index (χ3v) is 5.21. The van der Waals surface area contributed by atoms with E-state index >= 15 is 0 Å². The van der Waals surface area contributed by atoms with Gasteiger partial charge in [-0.3, -0.25) is 14.9 Å². The average Bonchev–Trinajstić information content (AvgIpc) is 3.27. The molecule has 0 bridgehead atoms. The second-order valence-electron chi connectivity index (χ2n) is 6.82. The summed E-state index contributed by atoms with van der Waals surface area (Å²) in [6.07, 6.45) is 7.91. The van der Waals surface area contributed by atoms with Crippen LogP contribution in [0.15, 0.2) is 0 Å². The number of carbonyl (C=O) groups excluding carboxylic acids is 3. The summed E-state index contributed by atoms with van der Waals surface area (Å²) in [6, 6.07) is 0.241. The van der Waals surface area contributed by atoms with Gasteiger partial charge in [0, 0.05) is 12.1 Å². The van der Waals surface area contributed by atoms with Gasteiger partial charge in [-0.15, -0.1) is 0 Å². The molecule has 1 N–H and O–H groups in total. The molecular formula is C16H25N3O3. The lowest BCUT2D eigenvalue weighted by Crippen LogP contribution is -2.48. The lowest BCUT2D eigenvalue weighted by molar-refractivity contribution is -0.135. The van der Waals surface area contributed by atoms with Crippen LogP contribution in [0.2, 0.25) is 0 Å². The van der Waals surface area contributed by atoms with E-state index < -0.39 is 6.03 Å². The largest absolute Gasteiger partial charge is 0.335 e. The van der Waals surface area contributed by atoms with Gasteiger partial charge in [0.1, 0.15) is 13.1 Å². The standard InChI is InChI=1S/C16H25N3O3/c1-2-11-3-5-12(6-4-11)19(13-7-8-13)15(21)10-18-9-14(20)17-16(18)22/h11-13H,2-10H2,1H3,(H,17,20,22). The fourth-order valence-electron chi connectivity index (χ4n) is 3.75. The first-order chi connectivity index (χ1) is 10.6. The Labute approximate surface area is 131 Å². The number of hydrogen-bond donors (Lipinski definition) is 1. The third kappa shape index (κ3) is 3.25. The van der Waals surface area contributed by atoms with Crippen LogP contribution >= 0.6 is 0 Å². The molecule has 1 heterocycles. The Morgan fingerprint density at radius 3 is 2.18 bits per heavy atom. The molecule has 6 nitrogen and oxygen atoms in total. The first-order valence-electron chi connectivity index (χ1n) is 8.48. The molecule has 0 unspecified atom stereocenters. The van der Waals surface area contributed by atoms with Crippen molar-refractivity contribution in [2.45, 2.75) is 64.0 Å². The van der Waals surface area contributed by atoms with Crippen LogP contribution in [0.4, 0.5) is 4.79 Å². The molecule has 0 aromatic carbocycles. The quantitative estimate of drug-likeness (QED) is 0.783. The minimum absolute atomic E-state index is 0.00561. The molecule has 6 heteroatoms. The summed E-state index contributed by atoms with van der Waals surface area (Å²) in [5.41, 5.74) is 0. The normalized spacial score (nSPS) is 28.7. The van der Waals surface area contributed by atoms with Crippen molar-refractivity contribution < 1.29 is 14.4 Å². The molecule has 2 aliphatic carbocycles. The predicted molar refractivity (Wildman–Crippen MR) is 81.0 cm³/mol. The number of imide groups is 1. The Bertz CT molecular complexity index is 467. The van der Waals surface area contributed by atoms with Crippen LogP contribution in [-0.4, -0.2) is 52.8 Å². The molecule has 0 aromatic rings. The molecule has 3 rings (SSSR count). The Kier molecular flexibility index (Phi) is 4.36. The first-order valence-corrected chi connectivity index (χ1v) is 8.48. The van der Waals surface area contributed by atoms with Crippen molar-refractivity contribution in [2.24, 2.45) is 5.92 Å². The van der Waals surface area contributed by atoms with Crippen molar-refractivity contribution in [2.75, 3.05) is 13.1 Å². The van der Waals surface area contributed by atoms with E-state index in [-0.39, 0.29) is 24.9 Å². The van der Waals surface area contributed by atoms with E-state index in [1.807, 2.05) is 4.90 Å². The van der Waals surface area contributed by atoms with Gasteiger partial charge >= 0.3 is 6.03 Å². The molecule has 3 aliphatic rings. The number of amides is 4. The van der Waals surface area contributed by atoms with E-state index in [2.05, 4.69) is 12.2 Å². The zero-order chi connectivity index (χ0) is 15.7. The number of rotatable bonds is 5. The average molecular weight is 307 g/mol. The number of nitrogens with zero attached hydrogens (tertiary/aromatic N) is 2. The van der Waals surface area contributed by atoms with E-state index in [0.717, 1.165) is 31.6 Å². The summed E-state index contributed by atoms with van der Waals surface area (Å²) in [5.74, 6) is 0.487. The highest BCUT2D eigenvalue weighted by molar-refractivity contribution is 6.03. The van der Waals surface area contributed by atoms with Gasteiger partial charge < -0.3 is 9.80 Å². The Morgan fingerprint density at radius 1 is 1.14 bits per heavy atom. The highest BCUT2D eigenvalue weighted by atomic mass is 16.2. The van der Waals surface area contributed by atoms with E-state index in [4.69, 9.17) is 0 Å². The van der Waals surface area contributed by atoms with Crippen molar-refractivity contribution in [1.29, 1.82) is 0 Å². The molecule has 0 radical (unpaired) electrons. The maximum Gasteiger partial charge on any atom is 0.325 e. The second kappa shape index (κ2) is 6.26. The molecule has 1 aliphatic heterocycles. The van der Waals surface area contributed by atoms with Crippen LogP contribution in [0.25, 0.3) is 0 Å². The van der Waals surface area contributed by atoms with Crippen molar-refractivity contribution >= 4 is 17.8 Å². The van der Waals surface area contributed by atoms with Crippen molar-refractivity contribution in [3.05, 3.63) is 0 Å². The highest BCUT2D eigenvalue weighted by Gasteiger charge is 2.40. The Hall–Kier alpha value is -1.59. The molecular weight excluding hydrogens is 282 g/mol. The molecule has 22 heavy (non-hydrogen) atoms. The first kappa shape index (κ1) is 15.3. The van der Waals surface area contributed by atoms with E-state index in [1.54, 1.807) is 0 Å². The fourth-order valence-corrected chi connectivity index (χ4v) is 3.75. The fraction of sp³-hybridized carbons (Fsp3) is 0.812. The lowest BCUT2D eigenvalue weighted by Gasteiger charge is -2.37. The van der Waals surface area contributed by atoms with Crippen molar-refractivity contribution in [3.8, 4) is 0 Å². The van der Waals surface area contributed by atoms with Crippen LogP contribution in [0.5, 0.6) is 0 Å². The van der Waals surface area contributed by atoms with Gasteiger partial charge in [0.05, 0.1) is 0 Å². The monoisotopic (exact) mass is 307 g/mol. The smallest absolute Gasteiger partial charge is 0.325 e. The van der Waals surface area contributed by atoms with Crippen LogP contribution in [0.3, 0.4) is 0 Å². The van der Waals surface area contributed by atoms with E-state index in [9.17, 15) is 14.4 Å². The summed E-state index contributed by atoms with van der Waals surface area (Å²) >= 11 is 0. The Balaban J connectivity index is 1.60. The van der Waals surface area contributed by atoms with Crippen molar-refractivity contribution in [1.82, 2.24) is 15.1 Å². The summed E-state index contributed by atoms with van der Waals surface area (Å²) in [6.45, 7) is 2.27. The van der Waals surface area contributed by atoms with Gasteiger partial charge in [0.15, 0.2) is 0 Å². The van der Waals surface area contributed by atoms with Gasteiger partial charge in [-0.1, -0.05) is 13.3 Å². The molecule has 1 saturated heterocycles. The number of carbonyl (C=O) groups is 3. The molecule has 122 valence electrons. The molecule has 0 spiro atoms. The molecule has 3 fully saturated rings. The molecule has 0 atom stereocenters. The van der Waals surface area contributed by atoms with E-state index in [1.165, 1.54) is 24.2 Å². The van der Waals surface area contributed by atoms with Gasteiger partial charge in [-0.05, 0) is 44.4 Å². The molecule has 4 amide bonds. The van der Waals surface area contributed by atoms with Gasteiger partial charge in [0.25, 0.3) is 0 Å². The minimum Gasteiger partial charge on any atom is -0.335 e. The number of urea groups is 1. The highest BCUT2D eigenvalue weighted by Crippen LogP contribution is 2.36. The lowest BCUT2D eigenvalue weighted by atomic mass is 9.84. The van der Waals surface area contributed by atoms with E-state index in [0.29, 0.717) is 12.1 Å². The maximum absolute atomic E-state index is 12.7. The number of nitrogens with one attached hydrogen (secondary N) is 1. The third-order valence-electron chi connectivity index (χ3n) is 5.21. The van der Waals surface area contributed by atoms with Gasteiger partial charge in [-0.25, -0.2) is 4.79 Å². The SMILES string of the molecule is CCC1CCC(N(C(=O)CN2CC(=O)NC2=O)C2CC2)CC1.